The van der Waals surface area contributed by atoms with Gasteiger partial charge < -0.3 is 9.56 Å². The second kappa shape index (κ2) is 9.23. The van der Waals surface area contributed by atoms with Crippen molar-refractivity contribution in [3.63, 3.8) is 0 Å². The fourth-order valence-electron chi connectivity index (χ4n) is 2.14. The minimum absolute atomic E-state index is 0.225. The van der Waals surface area contributed by atoms with E-state index in [9.17, 15) is 26.5 Å². The molecule has 0 spiro atoms. The molecule has 0 aromatic carbocycles. The van der Waals surface area contributed by atoms with Crippen molar-refractivity contribution >= 4 is 33.0 Å². The SMILES string of the molecule is CN(C)/N=C(/C[C@](CF)(N[S+]([O-])C(C)(C)C)c1cc(Br)cnc1F)C(F)(F)F. The highest BCUT2D eigenvalue weighted by Gasteiger charge is 2.49. The van der Waals surface area contributed by atoms with E-state index in [2.05, 4.69) is 30.7 Å². The van der Waals surface area contributed by atoms with Crippen molar-refractivity contribution < 1.29 is 26.5 Å². The van der Waals surface area contributed by atoms with E-state index in [0.29, 0.717) is 0 Å². The fraction of sp³-hybridized carbons (Fsp3) is 0.625. The van der Waals surface area contributed by atoms with Crippen LogP contribution in [0.4, 0.5) is 22.0 Å². The Labute approximate surface area is 172 Å². The number of hydrogen-bond acceptors (Lipinski definition) is 5. The topological polar surface area (TPSA) is 63.6 Å². The molecule has 0 aliphatic heterocycles. The van der Waals surface area contributed by atoms with Crippen LogP contribution >= 0.6 is 15.9 Å². The maximum absolute atomic E-state index is 14.4. The van der Waals surface area contributed by atoms with Gasteiger partial charge in [0.1, 0.15) is 22.7 Å². The van der Waals surface area contributed by atoms with E-state index in [1.165, 1.54) is 14.1 Å². The summed E-state index contributed by atoms with van der Waals surface area (Å²) in [5, 5.41) is 4.30. The second-order valence-corrected chi connectivity index (χ2v) is 10.1. The lowest BCUT2D eigenvalue weighted by Crippen LogP contribution is -2.55. The maximum Gasteiger partial charge on any atom is 0.431 e. The van der Waals surface area contributed by atoms with Crippen molar-refractivity contribution in [2.24, 2.45) is 5.10 Å². The van der Waals surface area contributed by atoms with Crippen molar-refractivity contribution in [2.75, 3.05) is 20.8 Å². The molecular formula is C16H22BrF5N4OS. The van der Waals surface area contributed by atoms with Gasteiger partial charge in [-0.3, -0.25) is 0 Å². The van der Waals surface area contributed by atoms with Gasteiger partial charge >= 0.3 is 6.18 Å². The zero-order valence-electron chi connectivity index (χ0n) is 16.0. The average Bonchev–Trinajstić information content (AvgIpc) is 2.53. The van der Waals surface area contributed by atoms with Gasteiger partial charge in [-0.25, -0.2) is 9.37 Å². The smallest absolute Gasteiger partial charge is 0.431 e. The lowest BCUT2D eigenvalue weighted by atomic mass is 9.87. The van der Waals surface area contributed by atoms with Crippen LogP contribution in [-0.2, 0) is 16.9 Å². The van der Waals surface area contributed by atoms with Crippen LogP contribution in [0.1, 0.15) is 32.8 Å². The van der Waals surface area contributed by atoms with Crippen LogP contribution in [0.25, 0.3) is 0 Å². The lowest BCUT2D eigenvalue weighted by Gasteiger charge is -2.36. The molecule has 1 aromatic rings. The normalized spacial score (nSPS) is 16.6. The number of pyridine rings is 1. The Kier molecular flexibility index (Phi) is 8.26. The Balaban J connectivity index is 3.63. The Morgan fingerprint density at radius 1 is 1.32 bits per heavy atom. The largest absolute Gasteiger partial charge is 0.598 e. The highest BCUT2D eigenvalue weighted by Crippen LogP contribution is 2.35. The van der Waals surface area contributed by atoms with Crippen molar-refractivity contribution in [3.05, 3.63) is 28.2 Å². The number of nitrogens with zero attached hydrogens (tertiary/aromatic N) is 3. The zero-order valence-corrected chi connectivity index (χ0v) is 18.4. The van der Waals surface area contributed by atoms with Gasteiger partial charge in [-0.15, -0.1) is 4.72 Å². The Hall–Kier alpha value is -0.980. The first kappa shape index (κ1) is 25.1. The third-order valence-electron chi connectivity index (χ3n) is 3.51. The van der Waals surface area contributed by atoms with Crippen LogP contribution < -0.4 is 4.72 Å². The summed E-state index contributed by atoms with van der Waals surface area (Å²) in [5.74, 6) is -1.18. The fourth-order valence-corrected chi connectivity index (χ4v) is 3.37. The third-order valence-corrected chi connectivity index (χ3v) is 5.63. The molecule has 1 aromatic heterocycles. The number of nitrogens with one attached hydrogen (secondary N) is 1. The van der Waals surface area contributed by atoms with E-state index < -0.39 is 58.1 Å². The number of rotatable bonds is 7. The number of alkyl halides is 4. The van der Waals surface area contributed by atoms with Crippen LogP contribution in [0, 0.1) is 5.95 Å². The third kappa shape index (κ3) is 6.53. The first-order valence-corrected chi connectivity index (χ1v) is 9.96. The maximum atomic E-state index is 14.4. The zero-order chi connectivity index (χ0) is 21.9. The van der Waals surface area contributed by atoms with E-state index in [-0.39, 0.29) is 4.47 Å². The number of halogens is 6. The highest BCUT2D eigenvalue weighted by molar-refractivity contribution is 9.10. The van der Waals surface area contributed by atoms with Gasteiger partial charge in [0.2, 0.25) is 5.95 Å². The van der Waals surface area contributed by atoms with E-state index in [4.69, 9.17) is 0 Å². The minimum atomic E-state index is -4.91. The van der Waals surface area contributed by atoms with Gasteiger partial charge in [0.05, 0.1) is 0 Å². The summed E-state index contributed by atoms with van der Waals surface area (Å²) >= 11 is 1.04. The molecule has 0 saturated heterocycles. The van der Waals surface area contributed by atoms with Crippen molar-refractivity contribution in [3.8, 4) is 0 Å². The molecule has 28 heavy (non-hydrogen) atoms. The minimum Gasteiger partial charge on any atom is -0.598 e. The Bertz CT molecular complexity index is 711. The van der Waals surface area contributed by atoms with E-state index >= 15 is 0 Å². The van der Waals surface area contributed by atoms with Crippen molar-refractivity contribution in [2.45, 2.75) is 43.7 Å². The molecule has 160 valence electrons. The summed E-state index contributed by atoms with van der Waals surface area (Å²) in [5.41, 5.74) is -4.14. The number of aromatic nitrogens is 1. The monoisotopic (exact) mass is 492 g/mol. The van der Waals surface area contributed by atoms with Crippen LogP contribution in [0.2, 0.25) is 0 Å². The van der Waals surface area contributed by atoms with Crippen LogP contribution in [0.15, 0.2) is 21.8 Å². The van der Waals surface area contributed by atoms with Gasteiger partial charge in [-0.1, -0.05) is 0 Å². The molecule has 5 nitrogen and oxygen atoms in total. The molecule has 0 saturated carbocycles. The summed E-state index contributed by atoms with van der Waals surface area (Å²) in [6, 6.07) is 1.11. The summed E-state index contributed by atoms with van der Waals surface area (Å²) < 4.78 is 83.5. The van der Waals surface area contributed by atoms with E-state index in [1.54, 1.807) is 20.8 Å². The molecule has 0 bridgehead atoms. The predicted molar refractivity (Wildman–Crippen MR) is 102 cm³/mol. The summed E-state index contributed by atoms with van der Waals surface area (Å²) in [7, 11) is 2.54. The molecular weight excluding hydrogens is 471 g/mol. The average molecular weight is 493 g/mol. The van der Waals surface area contributed by atoms with Gasteiger partial charge in [0, 0.05) is 48.1 Å². The van der Waals surface area contributed by atoms with Crippen molar-refractivity contribution in [1.82, 2.24) is 14.7 Å². The first-order chi connectivity index (χ1) is 12.6. The van der Waals surface area contributed by atoms with Crippen LogP contribution in [0.3, 0.4) is 0 Å². The molecule has 1 heterocycles. The quantitative estimate of drug-likeness (QED) is 0.205. The van der Waals surface area contributed by atoms with Gasteiger partial charge in [0.15, 0.2) is 0 Å². The van der Waals surface area contributed by atoms with Gasteiger partial charge in [-0.2, -0.15) is 22.7 Å². The summed E-state index contributed by atoms with van der Waals surface area (Å²) in [6.45, 7) is 3.17. The Morgan fingerprint density at radius 2 is 1.89 bits per heavy atom. The molecule has 1 rings (SSSR count). The molecule has 2 atom stereocenters. The van der Waals surface area contributed by atoms with Crippen molar-refractivity contribution in [1.29, 1.82) is 0 Å². The molecule has 0 fully saturated rings. The predicted octanol–water partition coefficient (Wildman–Crippen LogP) is 4.07. The molecule has 1 unspecified atom stereocenters. The number of hydrogen-bond donors (Lipinski definition) is 1. The summed E-state index contributed by atoms with van der Waals surface area (Å²) in [6.07, 6.45) is -4.92. The van der Waals surface area contributed by atoms with Gasteiger partial charge in [0.25, 0.3) is 0 Å². The highest BCUT2D eigenvalue weighted by atomic mass is 79.9. The molecule has 0 radical (unpaired) electrons. The molecule has 0 amide bonds. The van der Waals surface area contributed by atoms with E-state index in [0.717, 1.165) is 17.3 Å². The lowest BCUT2D eigenvalue weighted by molar-refractivity contribution is -0.0631. The van der Waals surface area contributed by atoms with E-state index in [1.807, 2.05) is 0 Å². The van der Waals surface area contributed by atoms with Crippen LogP contribution in [0.5, 0.6) is 0 Å². The summed E-state index contributed by atoms with van der Waals surface area (Å²) in [4.78, 5) is 3.44. The molecule has 12 heteroatoms. The standard InChI is InChI=1S/C16H22BrF5N4OS/c1-14(2,3)28(27)25-15(9-18,11-6-10(17)8-23-13(11)19)7-12(16(20,21)22)24-26(4)5/h6,8,25H,7,9H2,1-5H3/b24-12-/t15-,28?/m1/s1. The molecule has 0 aliphatic carbocycles. The first-order valence-electron chi connectivity index (χ1n) is 8.01. The second-order valence-electron chi connectivity index (χ2n) is 7.26. The molecule has 0 aliphatic rings. The Morgan fingerprint density at radius 3 is 2.32 bits per heavy atom. The van der Waals surface area contributed by atoms with Gasteiger partial charge in [-0.05, 0) is 42.8 Å². The van der Waals surface area contributed by atoms with Crippen LogP contribution in [-0.4, -0.2) is 52.0 Å². The molecule has 1 N–H and O–H groups in total. The number of hydrazone groups is 1.